The number of nitrogens with two attached hydrogens (primary N) is 1. The van der Waals surface area contributed by atoms with E-state index in [9.17, 15) is 0 Å². The normalized spacial score (nSPS) is 16.6. The van der Waals surface area contributed by atoms with E-state index in [2.05, 4.69) is 38.3 Å². The maximum Gasteiger partial charge on any atom is 0.320 e. The SMILES string of the molecule is CCCCOc1nc(N)c2ncn(CCC3CCN(CC)CC3)c2n1. The molecule has 1 saturated heterocycles. The number of fused-ring (bicyclic) bond motifs is 1. The summed E-state index contributed by atoms with van der Waals surface area (Å²) in [4.78, 5) is 15.7. The van der Waals surface area contributed by atoms with Crippen LogP contribution in [-0.4, -0.2) is 50.7 Å². The number of nitrogens with zero attached hydrogens (tertiary/aromatic N) is 5. The van der Waals surface area contributed by atoms with Crippen molar-refractivity contribution in [3.05, 3.63) is 6.33 Å². The molecule has 0 aromatic carbocycles. The topological polar surface area (TPSA) is 82.1 Å². The quantitative estimate of drug-likeness (QED) is 0.740. The van der Waals surface area contributed by atoms with Crippen LogP contribution in [0.3, 0.4) is 0 Å². The smallest absolute Gasteiger partial charge is 0.320 e. The van der Waals surface area contributed by atoms with E-state index in [0.717, 1.165) is 43.9 Å². The maximum atomic E-state index is 6.03. The summed E-state index contributed by atoms with van der Waals surface area (Å²) < 4.78 is 7.72. The van der Waals surface area contributed by atoms with E-state index in [0.29, 0.717) is 24.0 Å². The zero-order valence-corrected chi connectivity index (χ0v) is 15.4. The number of aryl methyl sites for hydroxylation is 1. The van der Waals surface area contributed by atoms with Crippen LogP contribution >= 0.6 is 0 Å². The molecule has 0 aliphatic carbocycles. The predicted octanol–water partition coefficient (Wildman–Crippen LogP) is 2.71. The van der Waals surface area contributed by atoms with E-state index in [1.807, 2.05) is 6.33 Å². The van der Waals surface area contributed by atoms with Crippen LogP contribution in [0.1, 0.15) is 46.0 Å². The van der Waals surface area contributed by atoms with Gasteiger partial charge in [-0.25, -0.2) is 4.98 Å². The first kappa shape index (κ1) is 17.9. The fourth-order valence-electron chi connectivity index (χ4n) is 3.39. The Bertz CT molecular complexity index is 678. The molecular formula is C18H30N6O. The summed E-state index contributed by atoms with van der Waals surface area (Å²) in [5.74, 6) is 1.17. The lowest BCUT2D eigenvalue weighted by Crippen LogP contribution is -2.33. The highest BCUT2D eigenvalue weighted by Crippen LogP contribution is 2.23. The van der Waals surface area contributed by atoms with Crippen LogP contribution in [0.15, 0.2) is 6.33 Å². The standard InChI is InChI=1S/C18H30N6O/c1-3-5-12-25-18-21-16(19)15-17(22-18)24(13-20-15)11-8-14-6-9-23(4-2)10-7-14/h13-14H,3-12H2,1-2H3,(H2,19,21,22). The molecule has 2 N–H and O–H groups in total. The lowest BCUT2D eigenvalue weighted by molar-refractivity contribution is 0.183. The number of hydrogen-bond donors (Lipinski definition) is 1. The molecule has 138 valence electrons. The average molecular weight is 346 g/mol. The minimum atomic E-state index is 0.358. The van der Waals surface area contributed by atoms with Gasteiger partial charge in [0.1, 0.15) is 5.52 Å². The molecule has 0 saturated carbocycles. The summed E-state index contributed by atoms with van der Waals surface area (Å²) >= 11 is 0. The number of aromatic nitrogens is 4. The Morgan fingerprint density at radius 2 is 2.04 bits per heavy atom. The van der Waals surface area contributed by atoms with Crippen molar-refractivity contribution < 1.29 is 4.74 Å². The van der Waals surface area contributed by atoms with Gasteiger partial charge in [-0.15, -0.1) is 0 Å². The number of unbranched alkanes of at least 4 members (excludes halogenated alkanes) is 1. The monoisotopic (exact) mass is 346 g/mol. The minimum Gasteiger partial charge on any atom is -0.463 e. The van der Waals surface area contributed by atoms with Crippen molar-refractivity contribution in [1.29, 1.82) is 0 Å². The van der Waals surface area contributed by atoms with E-state index in [1.165, 1.54) is 25.9 Å². The van der Waals surface area contributed by atoms with Crippen LogP contribution in [0, 0.1) is 5.92 Å². The molecule has 3 heterocycles. The summed E-state index contributed by atoms with van der Waals surface area (Å²) in [6.07, 6.45) is 7.60. The van der Waals surface area contributed by atoms with Crippen molar-refractivity contribution in [2.45, 2.75) is 52.5 Å². The molecule has 0 atom stereocenters. The number of piperidine rings is 1. The molecule has 0 bridgehead atoms. The Kier molecular flexibility index (Phi) is 6.07. The van der Waals surface area contributed by atoms with Gasteiger partial charge in [0.2, 0.25) is 0 Å². The molecule has 1 aliphatic rings. The number of likely N-dealkylation sites (tertiary alicyclic amines) is 1. The summed E-state index contributed by atoms with van der Waals surface area (Å²) in [7, 11) is 0. The molecular weight excluding hydrogens is 316 g/mol. The van der Waals surface area contributed by atoms with Gasteiger partial charge >= 0.3 is 6.01 Å². The van der Waals surface area contributed by atoms with Crippen molar-refractivity contribution in [3.63, 3.8) is 0 Å². The van der Waals surface area contributed by atoms with Gasteiger partial charge in [0.15, 0.2) is 11.5 Å². The van der Waals surface area contributed by atoms with Crippen LogP contribution in [0.5, 0.6) is 6.01 Å². The van der Waals surface area contributed by atoms with Gasteiger partial charge in [-0.05, 0) is 51.2 Å². The molecule has 7 heteroatoms. The molecule has 0 unspecified atom stereocenters. The Morgan fingerprint density at radius 3 is 2.76 bits per heavy atom. The van der Waals surface area contributed by atoms with Crippen LogP contribution in [0.2, 0.25) is 0 Å². The Balaban J connectivity index is 1.65. The fourth-order valence-corrected chi connectivity index (χ4v) is 3.39. The van der Waals surface area contributed by atoms with Gasteiger partial charge in [-0.2, -0.15) is 9.97 Å². The highest BCUT2D eigenvalue weighted by atomic mass is 16.5. The van der Waals surface area contributed by atoms with Gasteiger partial charge in [0.25, 0.3) is 0 Å². The lowest BCUT2D eigenvalue weighted by atomic mass is 9.93. The molecule has 1 aliphatic heterocycles. The van der Waals surface area contributed by atoms with E-state index >= 15 is 0 Å². The van der Waals surface area contributed by atoms with Crippen molar-refractivity contribution in [2.24, 2.45) is 5.92 Å². The molecule has 25 heavy (non-hydrogen) atoms. The highest BCUT2D eigenvalue weighted by molar-refractivity contribution is 5.81. The Morgan fingerprint density at radius 1 is 1.24 bits per heavy atom. The van der Waals surface area contributed by atoms with Crippen molar-refractivity contribution in [3.8, 4) is 6.01 Å². The van der Waals surface area contributed by atoms with Gasteiger partial charge < -0.3 is 19.9 Å². The molecule has 0 spiro atoms. The van der Waals surface area contributed by atoms with E-state index in [4.69, 9.17) is 10.5 Å². The number of rotatable bonds is 8. The van der Waals surface area contributed by atoms with Crippen LogP contribution in [-0.2, 0) is 6.54 Å². The van der Waals surface area contributed by atoms with Crippen molar-refractivity contribution in [2.75, 3.05) is 32.0 Å². The second-order valence-electron chi connectivity index (χ2n) is 6.87. The summed E-state index contributed by atoms with van der Waals surface area (Å²) in [5.41, 5.74) is 7.48. The van der Waals surface area contributed by atoms with E-state index < -0.39 is 0 Å². The molecule has 0 radical (unpaired) electrons. The Labute approximate surface area is 149 Å². The second kappa shape index (κ2) is 8.47. The third-order valence-electron chi connectivity index (χ3n) is 5.13. The first-order chi connectivity index (χ1) is 12.2. The van der Waals surface area contributed by atoms with Crippen LogP contribution in [0.25, 0.3) is 11.2 Å². The van der Waals surface area contributed by atoms with Gasteiger partial charge in [-0.1, -0.05) is 20.3 Å². The number of ether oxygens (including phenoxy) is 1. The number of anilines is 1. The van der Waals surface area contributed by atoms with Gasteiger partial charge in [-0.3, -0.25) is 0 Å². The van der Waals surface area contributed by atoms with Gasteiger partial charge in [0.05, 0.1) is 12.9 Å². The first-order valence-corrected chi connectivity index (χ1v) is 9.54. The molecule has 1 fully saturated rings. The highest BCUT2D eigenvalue weighted by Gasteiger charge is 2.19. The van der Waals surface area contributed by atoms with Crippen LogP contribution in [0.4, 0.5) is 5.82 Å². The number of imidazole rings is 1. The molecule has 2 aromatic heterocycles. The van der Waals surface area contributed by atoms with E-state index in [1.54, 1.807) is 0 Å². The minimum absolute atomic E-state index is 0.358. The average Bonchev–Trinajstić information content (AvgIpc) is 3.04. The van der Waals surface area contributed by atoms with Crippen LogP contribution < -0.4 is 10.5 Å². The number of nitrogen functional groups attached to an aromatic ring is 1. The Hall–Kier alpha value is -1.89. The van der Waals surface area contributed by atoms with Crippen molar-refractivity contribution in [1.82, 2.24) is 24.4 Å². The summed E-state index contributed by atoms with van der Waals surface area (Å²) in [6.45, 7) is 9.50. The predicted molar refractivity (Wildman–Crippen MR) is 99.6 cm³/mol. The third kappa shape index (κ3) is 4.39. The van der Waals surface area contributed by atoms with Gasteiger partial charge in [0, 0.05) is 6.54 Å². The van der Waals surface area contributed by atoms with E-state index in [-0.39, 0.29) is 0 Å². The summed E-state index contributed by atoms with van der Waals surface area (Å²) in [6, 6.07) is 0.358. The largest absolute Gasteiger partial charge is 0.463 e. The zero-order valence-electron chi connectivity index (χ0n) is 15.4. The molecule has 0 amide bonds. The van der Waals surface area contributed by atoms with Crippen molar-refractivity contribution >= 4 is 17.0 Å². The zero-order chi connectivity index (χ0) is 17.6. The lowest BCUT2D eigenvalue weighted by Gasteiger charge is -2.31. The third-order valence-corrected chi connectivity index (χ3v) is 5.13. The molecule has 2 aromatic rings. The number of hydrogen-bond acceptors (Lipinski definition) is 6. The second-order valence-corrected chi connectivity index (χ2v) is 6.87. The maximum absolute atomic E-state index is 6.03. The molecule has 7 nitrogen and oxygen atoms in total. The first-order valence-electron chi connectivity index (χ1n) is 9.54. The molecule has 3 rings (SSSR count). The fraction of sp³-hybridized carbons (Fsp3) is 0.722. The summed E-state index contributed by atoms with van der Waals surface area (Å²) in [5, 5.41) is 0.